The predicted octanol–water partition coefficient (Wildman–Crippen LogP) is 4.11. The molecule has 0 radical (unpaired) electrons. The van der Waals surface area contributed by atoms with Crippen LogP contribution >= 0.6 is 11.8 Å². The molecule has 0 heterocycles. The van der Waals surface area contributed by atoms with E-state index in [0.29, 0.717) is 0 Å². The summed E-state index contributed by atoms with van der Waals surface area (Å²) in [6.45, 7) is 2.18. The highest BCUT2D eigenvalue weighted by atomic mass is 32.2. The Kier molecular flexibility index (Phi) is 6.21. The summed E-state index contributed by atoms with van der Waals surface area (Å²) in [6, 6.07) is 10.3. The van der Waals surface area contributed by atoms with Crippen LogP contribution in [0, 0.1) is 0 Å². The first-order valence-corrected chi connectivity index (χ1v) is 6.16. The van der Waals surface area contributed by atoms with E-state index < -0.39 is 0 Å². The second-order valence-electron chi connectivity index (χ2n) is 3.25. The lowest BCUT2D eigenvalue weighted by Gasteiger charge is -2.10. The van der Waals surface area contributed by atoms with E-state index in [1.165, 1.54) is 11.3 Å². The van der Waals surface area contributed by atoms with Gasteiger partial charge in [-0.05, 0) is 24.6 Å². The fourth-order valence-corrected chi connectivity index (χ4v) is 2.04. The quantitative estimate of drug-likeness (QED) is 0.407. The largest absolute Gasteiger partial charge is 0.366 e. The van der Waals surface area contributed by atoms with Crippen molar-refractivity contribution >= 4 is 11.8 Å². The molecular formula is C13H18OS. The van der Waals surface area contributed by atoms with E-state index >= 15 is 0 Å². The summed E-state index contributed by atoms with van der Waals surface area (Å²) >= 11 is 1.73. The average molecular weight is 222 g/mol. The van der Waals surface area contributed by atoms with Gasteiger partial charge in [-0.15, -0.1) is 0 Å². The third kappa shape index (κ3) is 5.05. The van der Waals surface area contributed by atoms with Crippen LogP contribution in [0.3, 0.4) is 0 Å². The van der Waals surface area contributed by atoms with Crippen LogP contribution in [0.15, 0.2) is 47.4 Å². The molecule has 1 atom stereocenters. The van der Waals surface area contributed by atoms with E-state index in [1.807, 2.05) is 18.2 Å². The highest BCUT2D eigenvalue weighted by molar-refractivity contribution is 8.00. The fraction of sp³-hybridized carbons (Fsp3) is 0.385. The maximum atomic E-state index is 5.38. The Bertz CT molecular complexity index is 282. The van der Waals surface area contributed by atoms with Gasteiger partial charge in [0.15, 0.2) is 0 Å². The number of thioether (sulfide) groups is 1. The standard InChI is InChI=1S/C13H18OS/c1-3-4-6-11-13(14-2)15-12-9-7-5-8-10-12/h5-11,13H,3-4H2,1-2H3/b11-6+. The molecule has 0 saturated heterocycles. The molecule has 1 nitrogen and oxygen atoms in total. The van der Waals surface area contributed by atoms with Gasteiger partial charge in [0, 0.05) is 12.0 Å². The third-order valence-electron chi connectivity index (χ3n) is 1.98. The van der Waals surface area contributed by atoms with Crippen LogP contribution in [-0.4, -0.2) is 12.5 Å². The highest BCUT2D eigenvalue weighted by Crippen LogP contribution is 2.24. The molecule has 1 rings (SSSR count). The summed E-state index contributed by atoms with van der Waals surface area (Å²) in [5, 5.41) is 0. The topological polar surface area (TPSA) is 9.23 Å². The Hall–Kier alpha value is -0.730. The minimum Gasteiger partial charge on any atom is -0.366 e. The molecule has 0 N–H and O–H groups in total. The Morgan fingerprint density at radius 1 is 1.33 bits per heavy atom. The molecule has 0 spiro atoms. The van der Waals surface area contributed by atoms with Crippen molar-refractivity contribution in [3.63, 3.8) is 0 Å². The highest BCUT2D eigenvalue weighted by Gasteiger charge is 2.03. The van der Waals surface area contributed by atoms with Gasteiger partial charge >= 0.3 is 0 Å². The predicted molar refractivity (Wildman–Crippen MR) is 67.1 cm³/mol. The van der Waals surface area contributed by atoms with E-state index in [2.05, 4.69) is 31.2 Å². The summed E-state index contributed by atoms with van der Waals surface area (Å²) in [5.74, 6) is 0. The van der Waals surface area contributed by atoms with Crippen LogP contribution in [0.5, 0.6) is 0 Å². The van der Waals surface area contributed by atoms with Crippen molar-refractivity contribution in [3.05, 3.63) is 42.5 Å². The molecule has 0 fully saturated rings. The van der Waals surface area contributed by atoms with Gasteiger partial charge in [-0.3, -0.25) is 0 Å². The molecule has 15 heavy (non-hydrogen) atoms. The summed E-state index contributed by atoms with van der Waals surface area (Å²) in [7, 11) is 1.75. The Balaban J connectivity index is 2.47. The first kappa shape index (κ1) is 12.3. The van der Waals surface area contributed by atoms with Crippen molar-refractivity contribution in [3.8, 4) is 0 Å². The van der Waals surface area contributed by atoms with Gasteiger partial charge < -0.3 is 4.74 Å². The van der Waals surface area contributed by atoms with Crippen molar-refractivity contribution < 1.29 is 4.74 Å². The van der Waals surface area contributed by atoms with Crippen molar-refractivity contribution in [1.29, 1.82) is 0 Å². The zero-order valence-electron chi connectivity index (χ0n) is 9.35. The number of hydrogen-bond acceptors (Lipinski definition) is 2. The molecule has 0 aromatic heterocycles. The smallest absolute Gasteiger partial charge is 0.125 e. The molecule has 2 heteroatoms. The number of allylic oxidation sites excluding steroid dienone is 1. The van der Waals surface area contributed by atoms with Gasteiger partial charge in [-0.25, -0.2) is 0 Å². The number of benzene rings is 1. The summed E-state index contributed by atoms with van der Waals surface area (Å²) in [4.78, 5) is 1.24. The van der Waals surface area contributed by atoms with Crippen molar-refractivity contribution in [2.24, 2.45) is 0 Å². The minimum absolute atomic E-state index is 0.124. The summed E-state index contributed by atoms with van der Waals surface area (Å²) < 4.78 is 5.38. The number of unbranched alkanes of at least 4 members (excludes halogenated alkanes) is 1. The Labute approximate surface area is 96.5 Å². The van der Waals surface area contributed by atoms with Gasteiger partial charge in [0.2, 0.25) is 0 Å². The zero-order chi connectivity index (χ0) is 10.9. The molecule has 0 aliphatic heterocycles. The van der Waals surface area contributed by atoms with Crippen LogP contribution in [0.2, 0.25) is 0 Å². The lowest BCUT2D eigenvalue weighted by Crippen LogP contribution is -2.00. The second kappa shape index (κ2) is 7.55. The van der Waals surface area contributed by atoms with Gasteiger partial charge in [-0.2, -0.15) is 0 Å². The molecule has 1 aromatic rings. The molecule has 1 aromatic carbocycles. The monoisotopic (exact) mass is 222 g/mol. The normalized spacial score (nSPS) is 13.2. The lowest BCUT2D eigenvalue weighted by molar-refractivity contribution is 0.207. The molecule has 0 bridgehead atoms. The number of hydrogen-bond donors (Lipinski definition) is 0. The Morgan fingerprint density at radius 2 is 2.07 bits per heavy atom. The maximum absolute atomic E-state index is 5.38. The molecule has 0 amide bonds. The average Bonchev–Trinajstić information content (AvgIpc) is 2.29. The van der Waals surface area contributed by atoms with Crippen LogP contribution in [-0.2, 0) is 4.74 Å². The molecule has 0 aliphatic carbocycles. The van der Waals surface area contributed by atoms with Crippen molar-refractivity contribution in [1.82, 2.24) is 0 Å². The molecular weight excluding hydrogens is 204 g/mol. The first-order valence-electron chi connectivity index (χ1n) is 5.28. The fourth-order valence-electron chi connectivity index (χ4n) is 1.17. The number of rotatable bonds is 6. The second-order valence-corrected chi connectivity index (χ2v) is 4.42. The SMILES string of the molecule is CCC/C=C/C(OC)Sc1ccccc1. The number of methoxy groups -OCH3 is 1. The first-order chi connectivity index (χ1) is 7.36. The molecule has 0 aliphatic rings. The molecule has 1 unspecified atom stereocenters. The van der Waals surface area contributed by atoms with Gasteiger partial charge in [0.1, 0.15) is 5.44 Å². The number of ether oxygens (including phenoxy) is 1. The van der Waals surface area contributed by atoms with Gasteiger partial charge in [0.25, 0.3) is 0 Å². The van der Waals surface area contributed by atoms with Crippen LogP contribution in [0.1, 0.15) is 19.8 Å². The van der Waals surface area contributed by atoms with Gasteiger partial charge in [0.05, 0.1) is 0 Å². The van der Waals surface area contributed by atoms with E-state index in [4.69, 9.17) is 4.74 Å². The summed E-state index contributed by atoms with van der Waals surface area (Å²) in [5.41, 5.74) is 0.124. The van der Waals surface area contributed by atoms with E-state index in [9.17, 15) is 0 Å². The van der Waals surface area contributed by atoms with E-state index in [1.54, 1.807) is 18.9 Å². The van der Waals surface area contributed by atoms with Gasteiger partial charge in [-0.1, -0.05) is 49.4 Å². The zero-order valence-corrected chi connectivity index (χ0v) is 10.2. The molecule has 82 valence electrons. The van der Waals surface area contributed by atoms with Crippen LogP contribution in [0.4, 0.5) is 0 Å². The van der Waals surface area contributed by atoms with Crippen LogP contribution in [0.25, 0.3) is 0 Å². The lowest BCUT2D eigenvalue weighted by atomic mass is 10.3. The molecule has 0 saturated carbocycles. The third-order valence-corrected chi connectivity index (χ3v) is 3.10. The van der Waals surface area contributed by atoms with Crippen molar-refractivity contribution in [2.45, 2.75) is 30.1 Å². The minimum atomic E-state index is 0.124. The maximum Gasteiger partial charge on any atom is 0.125 e. The van der Waals surface area contributed by atoms with E-state index in [0.717, 1.165) is 6.42 Å². The Morgan fingerprint density at radius 3 is 2.67 bits per heavy atom. The summed E-state index contributed by atoms with van der Waals surface area (Å²) in [6.07, 6.45) is 6.61. The van der Waals surface area contributed by atoms with Crippen LogP contribution < -0.4 is 0 Å². The van der Waals surface area contributed by atoms with E-state index in [-0.39, 0.29) is 5.44 Å². The van der Waals surface area contributed by atoms with Crippen molar-refractivity contribution in [2.75, 3.05) is 7.11 Å².